The van der Waals surface area contributed by atoms with Gasteiger partial charge in [-0.1, -0.05) is 23.7 Å². The fourth-order valence-corrected chi connectivity index (χ4v) is 3.21. The minimum atomic E-state index is -0.277. The fraction of sp³-hybridized carbons (Fsp3) is 0.125. The van der Waals surface area contributed by atoms with Crippen molar-refractivity contribution in [2.75, 3.05) is 11.9 Å². The average Bonchev–Trinajstić information content (AvgIpc) is 3.21. The second-order valence-electron chi connectivity index (χ2n) is 4.86. The molecule has 0 fully saturated rings. The lowest BCUT2D eigenvalue weighted by atomic mass is 10.2. The molecule has 0 aliphatic carbocycles. The minimum Gasteiger partial charge on any atom is -0.335 e. The number of hydrogen-bond donors (Lipinski definition) is 2. The first-order valence-corrected chi connectivity index (χ1v) is 8.31. The Morgan fingerprint density at radius 1 is 1.30 bits per heavy atom. The summed E-state index contributed by atoms with van der Waals surface area (Å²) in [6.07, 6.45) is 3.62. The quantitative estimate of drug-likeness (QED) is 0.733. The highest BCUT2D eigenvalue weighted by molar-refractivity contribution is 7.10. The van der Waals surface area contributed by atoms with E-state index < -0.39 is 0 Å². The standard InChI is InChI=1S/C16H15ClN4OS/c17-12-4-1-5-13(10-12)20-16(22)18-11-14(15-6-2-9-23-15)21-8-3-7-19-21/h1-10,14H,11H2,(H2,18,20,22). The zero-order valence-corrected chi connectivity index (χ0v) is 13.7. The number of carbonyl (C=O) groups excluding carboxylic acids is 1. The molecule has 7 heteroatoms. The van der Waals surface area contributed by atoms with Gasteiger partial charge in [-0.2, -0.15) is 5.10 Å². The summed E-state index contributed by atoms with van der Waals surface area (Å²) in [5.41, 5.74) is 0.654. The molecule has 0 saturated heterocycles. The van der Waals surface area contributed by atoms with E-state index in [0.717, 1.165) is 4.88 Å². The highest BCUT2D eigenvalue weighted by Gasteiger charge is 2.16. The molecule has 3 aromatic rings. The highest BCUT2D eigenvalue weighted by atomic mass is 35.5. The first-order chi connectivity index (χ1) is 11.2. The number of benzene rings is 1. The van der Waals surface area contributed by atoms with E-state index in [-0.39, 0.29) is 12.1 Å². The summed E-state index contributed by atoms with van der Waals surface area (Å²) in [5, 5.41) is 12.5. The SMILES string of the molecule is O=C(NCC(c1cccs1)n1cccn1)Nc1cccc(Cl)c1. The molecular weight excluding hydrogens is 332 g/mol. The van der Waals surface area contributed by atoms with Crippen LogP contribution in [0.3, 0.4) is 0 Å². The van der Waals surface area contributed by atoms with E-state index in [1.54, 1.807) is 41.8 Å². The molecule has 2 heterocycles. The Kier molecular flexibility index (Phi) is 4.95. The van der Waals surface area contributed by atoms with Crippen LogP contribution in [-0.4, -0.2) is 22.4 Å². The van der Waals surface area contributed by atoms with Crippen molar-refractivity contribution in [3.63, 3.8) is 0 Å². The summed E-state index contributed by atoms with van der Waals surface area (Å²) in [5.74, 6) is 0. The normalized spacial score (nSPS) is 11.9. The van der Waals surface area contributed by atoms with Crippen LogP contribution >= 0.6 is 22.9 Å². The number of amides is 2. The summed E-state index contributed by atoms with van der Waals surface area (Å²) < 4.78 is 1.84. The summed E-state index contributed by atoms with van der Waals surface area (Å²) >= 11 is 7.55. The molecule has 0 aliphatic rings. The fourth-order valence-electron chi connectivity index (χ4n) is 2.20. The lowest BCUT2D eigenvalue weighted by Gasteiger charge is -2.17. The average molecular weight is 347 g/mol. The van der Waals surface area contributed by atoms with Crippen LogP contribution in [0.4, 0.5) is 10.5 Å². The Morgan fingerprint density at radius 2 is 2.22 bits per heavy atom. The molecule has 2 amide bonds. The van der Waals surface area contributed by atoms with Gasteiger partial charge in [0.25, 0.3) is 0 Å². The number of nitrogens with zero attached hydrogens (tertiary/aromatic N) is 2. The number of hydrogen-bond acceptors (Lipinski definition) is 3. The maximum Gasteiger partial charge on any atom is 0.319 e. The van der Waals surface area contributed by atoms with Crippen LogP contribution in [0.25, 0.3) is 0 Å². The Hall–Kier alpha value is -2.31. The van der Waals surface area contributed by atoms with Crippen LogP contribution in [0.2, 0.25) is 5.02 Å². The van der Waals surface area contributed by atoms with Gasteiger partial charge in [-0.05, 0) is 35.7 Å². The lowest BCUT2D eigenvalue weighted by molar-refractivity contribution is 0.250. The molecule has 1 atom stereocenters. The van der Waals surface area contributed by atoms with Gasteiger partial charge in [0, 0.05) is 34.5 Å². The summed E-state index contributed by atoms with van der Waals surface area (Å²) in [7, 11) is 0. The van der Waals surface area contributed by atoms with E-state index in [2.05, 4.69) is 15.7 Å². The number of aromatic nitrogens is 2. The Labute approximate surface area is 142 Å². The third kappa shape index (κ3) is 4.12. The third-order valence-corrected chi connectivity index (χ3v) is 4.46. The van der Waals surface area contributed by atoms with E-state index >= 15 is 0 Å². The smallest absolute Gasteiger partial charge is 0.319 e. The predicted molar refractivity (Wildman–Crippen MR) is 93.2 cm³/mol. The zero-order valence-electron chi connectivity index (χ0n) is 12.1. The van der Waals surface area contributed by atoms with Crippen molar-refractivity contribution in [3.8, 4) is 0 Å². The number of nitrogens with one attached hydrogen (secondary N) is 2. The van der Waals surface area contributed by atoms with Crippen molar-refractivity contribution in [3.05, 3.63) is 70.1 Å². The van der Waals surface area contributed by atoms with E-state index in [0.29, 0.717) is 17.3 Å². The number of thiophene rings is 1. The van der Waals surface area contributed by atoms with Gasteiger partial charge in [0.05, 0.1) is 0 Å². The summed E-state index contributed by atoms with van der Waals surface area (Å²) in [4.78, 5) is 13.2. The molecule has 118 valence electrons. The largest absolute Gasteiger partial charge is 0.335 e. The van der Waals surface area contributed by atoms with Gasteiger partial charge in [0.2, 0.25) is 0 Å². The Bertz CT molecular complexity index is 724. The number of urea groups is 1. The molecule has 1 aromatic carbocycles. The van der Waals surface area contributed by atoms with Crippen molar-refractivity contribution >= 4 is 34.7 Å². The van der Waals surface area contributed by atoms with Crippen LogP contribution < -0.4 is 10.6 Å². The van der Waals surface area contributed by atoms with E-state index in [1.165, 1.54) is 0 Å². The molecule has 0 aliphatic heterocycles. The van der Waals surface area contributed by atoms with Gasteiger partial charge in [-0.15, -0.1) is 11.3 Å². The van der Waals surface area contributed by atoms with Gasteiger partial charge in [0.1, 0.15) is 6.04 Å². The van der Waals surface area contributed by atoms with E-state index in [9.17, 15) is 4.79 Å². The molecule has 0 bridgehead atoms. The predicted octanol–water partition coefficient (Wildman–Crippen LogP) is 4.01. The molecule has 2 aromatic heterocycles. The van der Waals surface area contributed by atoms with Gasteiger partial charge in [-0.25, -0.2) is 4.79 Å². The van der Waals surface area contributed by atoms with Gasteiger partial charge in [-0.3, -0.25) is 4.68 Å². The van der Waals surface area contributed by atoms with Gasteiger partial charge >= 0.3 is 6.03 Å². The van der Waals surface area contributed by atoms with Crippen LogP contribution in [0.15, 0.2) is 60.2 Å². The Morgan fingerprint density at radius 3 is 2.91 bits per heavy atom. The van der Waals surface area contributed by atoms with E-state index in [1.807, 2.05) is 34.5 Å². The molecule has 0 saturated carbocycles. The molecule has 3 rings (SSSR count). The molecule has 0 radical (unpaired) electrons. The highest BCUT2D eigenvalue weighted by Crippen LogP contribution is 2.22. The molecule has 5 nitrogen and oxygen atoms in total. The minimum absolute atomic E-state index is 0.0323. The third-order valence-electron chi connectivity index (χ3n) is 3.25. The monoisotopic (exact) mass is 346 g/mol. The molecule has 0 spiro atoms. The van der Waals surface area contributed by atoms with Crippen molar-refractivity contribution < 1.29 is 4.79 Å². The number of halogens is 1. The molecule has 2 N–H and O–H groups in total. The second-order valence-corrected chi connectivity index (χ2v) is 6.28. The molecule has 1 unspecified atom stereocenters. The zero-order chi connectivity index (χ0) is 16.1. The molecule has 23 heavy (non-hydrogen) atoms. The van der Waals surface area contributed by atoms with E-state index in [4.69, 9.17) is 11.6 Å². The van der Waals surface area contributed by atoms with Crippen LogP contribution in [0, 0.1) is 0 Å². The Balaban J connectivity index is 1.64. The lowest BCUT2D eigenvalue weighted by Crippen LogP contribution is -2.34. The molecular formula is C16H15ClN4OS. The number of anilines is 1. The van der Waals surface area contributed by atoms with Crippen LogP contribution in [0.1, 0.15) is 10.9 Å². The summed E-state index contributed by atoms with van der Waals surface area (Å²) in [6, 6.07) is 12.6. The van der Waals surface area contributed by atoms with Crippen molar-refractivity contribution in [1.82, 2.24) is 15.1 Å². The van der Waals surface area contributed by atoms with Gasteiger partial charge in [0.15, 0.2) is 0 Å². The van der Waals surface area contributed by atoms with Crippen LogP contribution in [-0.2, 0) is 0 Å². The maximum atomic E-state index is 12.1. The van der Waals surface area contributed by atoms with Crippen molar-refractivity contribution in [2.45, 2.75) is 6.04 Å². The first kappa shape index (κ1) is 15.6. The first-order valence-electron chi connectivity index (χ1n) is 7.05. The van der Waals surface area contributed by atoms with Crippen LogP contribution in [0.5, 0.6) is 0 Å². The number of rotatable bonds is 5. The summed E-state index contributed by atoms with van der Waals surface area (Å²) in [6.45, 7) is 0.439. The van der Waals surface area contributed by atoms with Crippen molar-refractivity contribution in [2.24, 2.45) is 0 Å². The van der Waals surface area contributed by atoms with Gasteiger partial charge < -0.3 is 10.6 Å². The second kappa shape index (κ2) is 7.30. The van der Waals surface area contributed by atoms with Crippen molar-refractivity contribution in [1.29, 1.82) is 0 Å². The topological polar surface area (TPSA) is 59.0 Å². The maximum absolute atomic E-state index is 12.1. The number of carbonyl (C=O) groups is 1.